The zero-order chi connectivity index (χ0) is 8.89. The van der Waals surface area contributed by atoms with Crippen molar-refractivity contribution in [2.75, 3.05) is 13.2 Å². The Balaban J connectivity index is 1.88. The van der Waals surface area contributed by atoms with Crippen LogP contribution in [0.1, 0.15) is 26.2 Å². The van der Waals surface area contributed by atoms with Crippen molar-refractivity contribution in [3.8, 4) is 0 Å². The maximum Gasteiger partial charge on any atom is 0.172 e. The van der Waals surface area contributed by atoms with Crippen molar-refractivity contribution in [2.45, 2.75) is 32.0 Å². The van der Waals surface area contributed by atoms with Gasteiger partial charge in [0.05, 0.1) is 13.2 Å². The molecule has 0 unspecified atom stereocenters. The van der Waals surface area contributed by atoms with Gasteiger partial charge in [-0.2, -0.15) is 0 Å². The molecule has 3 rings (SSSR count). The lowest BCUT2D eigenvalue weighted by atomic mass is 9.93. The molecule has 2 atom stereocenters. The van der Waals surface area contributed by atoms with E-state index in [1.165, 1.54) is 6.42 Å². The number of hydrogen-bond acceptors (Lipinski definition) is 2. The van der Waals surface area contributed by atoms with Crippen LogP contribution in [0, 0.1) is 11.8 Å². The number of fused-ring (bicyclic) bond motifs is 2. The average molecular weight is 180 g/mol. The number of hydrogen-bond donors (Lipinski definition) is 0. The Labute approximate surface area is 78.9 Å². The first kappa shape index (κ1) is 8.01. The van der Waals surface area contributed by atoms with E-state index in [-0.39, 0.29) is 5.79 Å². The molecule has 1 heterocycles. The standard InChI is InChI=1S/C11H16O2/c1-8-2-3-10-9(8)4-5-11(10)12-6-7-13-11/h2,9-10H,3-7H2,1H3/t9-,10+/m0/s1. The van der Waals surface area contributed by atoms with E-state index >= 15 is 0 Å². The third-order valence-corrected chi connectivity index (χ3v) is 3.91. The van der Waals surface area contributed by atoms with Gasteiger partial charge in [-0.15, -0.1) is 0 Å². The summed E-state index contributed by atoms with van der Waals surface area (Å²) in [6.07, 6.45) is 5.89. The van der Waals surface area contributed by atoms with Gasteiger partial charge in [0.25, 0.3) is 0 Å². The van der Waals surface area contributed by atoms with Crippen LogP contribution in [0.5, 0.6) is 0 Å². The van der Waals surface area contributed by atoms with Gasteiger partial charge in [0.1, 0.15) is 0 Å². The molecule has 1 saturated carbocycles. The molecule has 0 radical (unpaired) electrons. The minimum atomic E-state index is -0.182. The maximum absolute atomic E-state index is 5.81. The van der Waals surface area contributed by atoms with E-state index in [1.807, 2.05) is 0 Å². The second kappa shape index (κ2) is 2.58. The van der Waals surface area contributed by atoms with E-state index in [2.05, 4.69) is 13.0 Å². The second-order valence-electron chi connectivity index (χ2n) is 4.44. The smallest absolute Gasteiger partial charge is 0.172 e. The maximum atomic E-state index is 5.81. The molecule has 2 heteroatoms. The van der Waals surface area contributed by atoms with E-state index in [1.54, 1.807) is 5.57 Å². The third-order valence-electron chi connectivity index (χ3n) is 3.91. The molecule has 0 amide bonds. The first-order valence-corrected chi connectivity index (χ1v) is 5.26. The molecule has 3 aliphatic rings. The van der Waals surface area contributed by atoms with Gasteiger partial charge < -0.3 is 9.47 Å². The van der Waals surface area contributed by atoms with Crippen molar-refractivity contribution in [2.24, 2.45) is 11.8 Å². The number of ether oxygens (including phenoxy) is 2. The molecule has 0 aromatic rings. The highest BCUT2D eigenvalue weighted by atomic mass is 16.7. The SMILES string of the molecule is CC1=CC[C@@H]2[C@H]1CCC21OCCO1. The van der Waals surface area contributed by atoms with Gasteiger partial charge in [-0.25, -0.2) is 0 Å². The van der Waals surface area contributed by atoms with Crippen LogP contribution >= 0.6 is 0 Å². The zero-order valence-electron chi connectivity index (χ0n) is 8.08. The van der Waals surface area contributed by atoms with Crippen LogP contribution in [0.2, 0.25) is 0 Å². The van der Waals surface area contributed by atoms with Crippen LogP contribution < -0.4 is 0 Å². The Morgan fingerprint density at radius 2 is 2.15 bits per heavy atom. The van der Waals surface area contributed by atoms with Gasteiger partial charge in [0, 0.05) is 12.3 Å². The molecular formula is C11H16O2. The molecule has 2 aliphatic carbocycles. The molecule has 1 saturated heterocycles. The second-order valence-corrected chi connectivity index (χ2v) is 4.44. The number of allylic oxidation sites excluding steroid dienone is 2. The van der Waals surface area contributed by atoms with Crippen molar-refractivity contribution >= 4 is 0 Å². The van der Waals surface area contributed by atoms with Crippen molar-refractivity contribution in [1.29, 1.82) is 0 Å². The van der Waals surface area contributed by atoms with E-state index in [0.29, 0.717) is 5.92 Å². The van der Waals surface area contributed by atoms with E-state index in [9.17, 15) is 0 Å². The van der Waals surface area contributed by atoms with Crippen LogP contribution in [0.3, 0.4) is 0 Å². The lowest BCUT2D eigenvalue weighted by Gasteiger charge is -2.28. The lowest BCUT2D eigenvalue weighted by Crippen LogP contribution is -2.35. The summed E-state index contributed by atoms with van der Waals surface area (Å²) in [5, 5.41) is 0. The molecule has 0 aromatic carbocycles. The topological polar surface area (TPSA) is 18.5 Å². The summed E-state index contributed by atoms with van der Waals surface area (Å²) in [6.45, 7) is 3.84. The van der Waals surface area contributed by atoms with E-state index in [4.69, 9.17) is 9.47 Å². The monoisotopic (exact) mass is 180 g/mol. The summed E-state index contributed by atoms with van der Waals surface area (Å²) in [5.74, 6) is 1.19. The highest BCUT2D eigenvalue weighted by Crippen LogP contribution is 2.53. The molecular weight excluding hydrogens is 164 g/mol. The minimum absolute atomic E-state index is 0.182. The predicted molar refractivity (Wildman–Crippen MR) is 49.2 cm³/mol. The van der Waals surface area contributed by atoms with Gasteiger partial charge >= 0.3 is 0 Å². The largest absolute Gasteiger partial charge is 0.347 e. The van der Waals surface area contributed by atoms with Crippen molar-refractivity contribution in [3.05, 3.63) is 11.6 Å². The fourth-order valence-corrected chi connectivity index (χ4v) is 3.23. The van der Waals surface area contributed by atoms with Crippen LogP contribution in [-0.2, 0) is 9.47 Å². The summed E-state index contributed by atoms with van der Waals surface area (Å²) >= 11 is 0. The minimum Gasteiger partial charge on any atom is -0.347 e. The fourth-order valence-electron chi connectivity index (χ4n) is 3.23. The Morgan fingerprint density at radius 3 is 2.92 bits per heavy atom. The van der Waals surface area contributed by atoms with E-state index < -0.39 is 0 Å². The molecule has 0 N–H and O–H groups in total. The first-order chi connectivity index (χ1) is 6.32. The summed E-state index contributed by atoms with van der Waals surface area (Å²) in [5.41, 5.74) is 1.56. The van der Waals surface area contributed by atoms with Gasteiger partial charge in [0.2, 0.25) is 0 Å². The van der Waals surface area contributed by atoms with Crippen molar-refractivity contribution in [3.63, 3.8) is 0 Å². The summed E-state index contributed by atoms with van der Waals surface area (Å²) in [4.78, 5) is 0. The molecule has 1 aliphatic heterocycles. The molecule has 0 bridgehead atoms. The van der Waals surface area contributed by atoms with Gasteiger partial charge in [-0.3, -0.25) is 0 Å². The van der Waals surface area contributed by atoms with Crippen LogP contribution in [0.15, 0.2) is 11.6 Å². The highest BCUT2D eigenvalue weighted by Gasteiger charge is 2.54. The molecule has 2 fully saturated rings. The molecule has 72 valence electrons. The zero-order valence-corrected chi connectivity index (χ0v) is 8.08. The van der Waals surface area contributed by atoms with Crippen LogP contribution in [0.4, 0.5) is 0 Å². The Hall–Kier alpha value is -0.340. The van der Waals surface area contributed by atoms with Crippen LogP contribution in [0.25, 0.3) is 0 Å². The summed E-state index contributed by atoms with van der Waals surface area (Å²) < 4.78 is 11.6. The molecule has 0 aromatic heterocycles. The van der Waals surface area contributed by atoms with E-state index in [0.717, 1.165) is 32.0 Å². The van der Waals surface area contributed by atoms with Gasteiger partial charge in [-0.1, -0.05) is 11.6 Å². The highest BCUT2D eigenvalue weighted by molar-refractivity contribution is 5.18. The van der Waals surface area contributed by atoms with Crippen molar-refractivity contribution in [1.82, 2.24) is 0 Å². The van der Waals surface area contributed by atoms with Crippen LogP contribution in [-0.4, -0.2) is 19.0 Å². The normalized spacial score (nSPS) is 41.2. The predicted octanol–water partition coefficient (Wildman–Crippen LogP) is 2.11. The van der Waals surface area contributed by atoms with Crippen molar-refractivity contribution < 1.29 is 9.47 Å². The first-order valence-electron chi connectivity index (χ1n) is 5.26. The average Bonchev–Trinajstić information content (AvgIpc) is 2.76. The summed E-state index contributed by atoms with van der Waals surface area (Å²) in [6, 6.07) is 0. The molecule has 1 spiro atoms. The molecule has 2 nitrogen and oxygen atoms in total. The number of rotatable bonds is 0. The fraction of sp³-hybridized carbons (Fsp3) is 0.818. The lowest BCUT2D eigenvalue weighted by molar-refractivity contribution is -0.182. The Morgan fingerprint density at radius 1 is 1.38 bits per heavy atom. The molecule has 13 heavy (non-hydrogen) atoms. The Bertz CT molecular complexity index is 251. The van der Waals surface area contributed by atoms with Gasteiger partial charge in [-0.05, 0) is 25.7 Å². The Kier molecular flexibility index (Phi) is 1.59. The third kappa shape index (κ3) is 0.960. The van der Waals surface area contributed by atoms with Gasteiger partial charge in [0.15, 0.2) is 5.79 Å². The summed E-state index contributed by atoms with van der Waals surface area (Å²) in [7, 11) is 0. The quantitative estimate of drug-likeness (QED) is 0.531.